The summed E-state index contributed by atoms with van der Waals surface area (Å²) in [7, 11) is 0. The fourth-order valence-corrected chi connectivity index (χ4v) is 5.38. The van der Waals surface area contributed by atoms with Gasteiger partial charge in [-0.25, -0.2) is 9.37 Å². The van der Waals surface area contributed by atoms with Gasteiger partial charge in [-0.3, -0.25) is 9.78 Å². The third-order valence-corrected chi connectivity index (χ3v) is 6.87. The van der Waals surface area contributed by atoms with Gasteiger partial charge in [0.1, 0.15) is 23.5 Å². The van der Waals surface area contributed by atoms with Crippen molar-refractivity contribution in [3.05, 3.63) is 68.0 Å². The number of hydrogen-bond acceptors (Lipinski definition) is 6. The number of ether oxygens (including phenoxy) is 1. The number of pyridine rings is 1. The number of piperidine rings is 1. The van der Waals surface area contributed by atoms with Gasteiger partial charge in [0, 0.05) is 12.5 Å². The SMILES string of the molecule is O=c1[nH]c(O)c(C2CCc3cc(OC4CCCN(c5ccc(F)cn5)C4)ccc32)s1. The first-order valence-corrected chi connectivity index (χ1v) is 11.0. The normalized spacial score (nSPS) is 20.9. The highest BCUT2D eigenvalue weighted by Crippen LogP contribution is 2.43. The van der Waals surface area contributed by atoms with Gasteiger partial charge in [0.05, 0.1) is 17.6 Å². The lowest BCUT2D eigenvalue weighted by Crippen LogP contribution is -2.41. The first-order valence-electron chi connectivity index (χ1n) is 10.1. The first kappa shape index (κ1) is 19.1. The maximum atomic E-state index is 13.2. The van der Waals surface area contributed by atoms with Gasteiger partial charge in [0.2, 0.25) is 5.88 Å². The predicted octanol–water partition coefficient (Wildman–Crippen LogP) is 3.80. The number of aromatic hydroxyl groups is 1. The molecule has 1 aliphatic carbocycles. The zero-order valence-corrected chi connectivity index (χ0v) is 17.1. The Labute approximate surface area is 177 Å². The summed E-state index contributed by atoms with van der Waals surface area (Å²) in [5.41, 5.74) is 2.35. The maximum Gasteiger partial charge on any atom is 0.307 e. The lowest BCUT2D eigenvalue weighted by Gasteiger charge is -2.33. The molecular weight excluding hydrogens is 405 g/mol. The Hall–Kier alpha value is -2.87. The molecular formula is C22H22FN3O3S. The number of halogens is 1. The van der Waals surface area contributed by atoms with Crippen molar-refractivity contribution in [1.29, 1.82) is 0 Å². The molecule has 2 atom stereocenters. The molecule has 6 nitrogen and oxygen atoms in total. The molecule has 8 heteroatoms. The van der Waals surface area contributed by atoms with Crippen molar-refractivity contribution < 1.29 is 14.2 Å². The molecule has 1 saturated heterocycles. The average molecular weight is 428 g/mol. The van der Waals surface area contributed by atoms with Gasteiger partial charge >= 0.3 is 4.87 Å². The number of hydrogen-bond donors (Lipinski definition) is 2. The summed E-state index contributed by atoms with van der Waals surface area (Å²) >= 11 is 1.08. The van der Waals surface area contributed by atoms with E-state index >= 15 is 0 Å². The Bertz CT molecular complexity index is 1110. The van der Waals surface area contributed by atoms with Crippen molar-refractivity contribution in [2.75, 3.05) is 18.0 Å². The van der Waals surface area contributed by atoms with Crippen LogP contribution in [-0.4, -0.2) is 34.3 Å². The van der Waals surface area contributed by atoms with E-state index in [2.05, 4.69) is 20.9 Å². The van der Waals surface area contributed by atoms with E-state index in [1.54, 1.807) is 6.07 Å². The van der Waals surface area contributed by atoms with Crippen molar-refractivity contribution in [3.8, 4) is 11.6 Å². The zero-order valence-electron chi connectivity index (χ0n) is 16.3. The molecule has 3 aromatic rings. The lowest BCUT2D eigenvalue weighted by molar-refractivity contribution is 0.179. The van der Waals surface area contributed by atoms with E-state index in [1.807, 2.05) is 12.1 Å². The summed E-state index contributed by atoms with van der Waals surface area (Å²) in [6, 6.07) is 9.24. The average Bonchev–Trinajstić information content (AvgIpc) is 3.30. The van der Waals surface area contributed by atoms with Crippen LogP contribution in [0.15, 0.2) is 41.3 Å². The molecule has 5 rings (SSSR count). The van der Waals surface area contributed by atoms with Crippen LogP contribution in [0.1, 0.15) is 41.2 Å². The Morgan fingerprint density at radius 2 is 2.17 bits per heavy atom. The van der Waals surface area contributed by atoms with Crippen LogP contribution < -0.4 is 14.5 Å². The zero-order chi connectivity index (χ0) is 20.7. The van der Waals surface area contributed by atoms with Crippen molar-refractivity contribution in [1.82, 2.24) is 9.97 Å². The molecule has 2 aliphatic rings. The summed E-state index contributed by atoms with van der Waals surface area (Å²) in [4.78, 5) is 20.8. The minimum atomic E-state index is -0.333. The molecule has 2 N–H and O–H groups in total. The number of thiazole rings is 1. The number of nitrogens with one attached hydrogen (secondary N) is 1. The maximum absolute atomic E-state index is 13.2. The highest BCUT2D eigenvalue weighted by Gasteiger charge is 2.29. The summed E-state index contributed by atoms with van der Waals surface area (Å²) in [5.74, 6) is 1.31. The van der Waals surface area contributed by atoms with E-state index in [4.69, 9.17) is 4.74 Å². The van der Waals surface area contributed by atoms with Gasteiger partial charge in [-0.2, -0.15) is 0 Å². The Kier molecular flexibility index (Phi) is 4.94. The van der Waals surface area contributed by atoms with Crippen LogP contribution in [0.2, 0.25) is 0 Å². The fourth-order valence-electron chi connectivity index (χ4n) is 4.50. The number of rotatable bonds is 4. The predicted molar refractivity (Wildman–Crippen MR) is 113 cm³/mol. The van der Waals surface area contributed by atoms with Crippen LogP contribution in [0.5, 0.6) is 11.6 Å². The van der Waals surface area contributed by atoms with Gasteiger partial charge in [-0.1, -0.05) is 17.4 Å². The van der Waals surface area contributed by atoms with Crippen molar-refractivity contribution in [2.45, 2.75) is 37.7 Å². The molecule has 3 heterocycles. The quantitative estimate of drug-likeness (QED) is 0.662. The number of aryl methyl sites for hydroxylation is 1. The summed E-state index contributed by atoms with van der Waals surface area (Å²) < 4.78 is 19.4. The van der Waals surface area contributed by atoms with Gasteiger partial charge in [-0.05, 0) is 61.1 Å². The second kappa shape index (κ2) is 7.75. The van der Waals surface area contributed by atoms with Crippen molar-refractivity contribution >= 4 is 17.2 Å². The number of anilines is 1. The number of fused-ring (bicyclic) bond motifs is 1. The summed E-state index contributed by atoms with van der Waals surface area (Å²) in [6.07, 6.45) is 4.99. The number of aromatic nitrogens is 2. The van der Waals surface area contributed by atoms with Gasteiger partial charge in [-0.15, -0.1) is 0 Å². The Balaban J connectivity index is 1.30. The molecule has 30 heavy (non-hydrogen) atoms. The van der Waals surface area contributed by atoms with Gasteiger partial charge in [0.25, 0.3) is 0 Å². The lowest BCUT2D eigenvalue weighted by atomic mass is 10.00. The standard InChI is InChI=1S/C22H22FN3O3S/c23-14-4-8-19(24-11-14)26-9-1-2-16(12-26)29-15-5-7-17-13(10-15)3-6-18(17)20-21(27)25-22(28)30-20/h4-5,7-8,10-11,16,18,27H,1-3,6,9,12H2,(H,25,28). The van der Waals surface area contributed by atoms with Crippen LogP contribution in [0.4, 0.5) is 10.2 Å². The summed E-state index contributed by atoms with van der Waals surface area (Å²) in [5, 5.41) is 10.0. The highest BCUT2D eigenvalue weighted by molar-refractivity contribution is 7.09. The van der Waals surface area contributed by atoms with Crippen LogP contribution in [0.25, 0.3) is 0 Å². The topological polar surface area (TPSA) is 78.5 Å². The smallest absolute Gasteiger partial charge is 0.307 e. The van der Waals surface area contributed by atoms with Crippen LogP contribution >= 0.6 is 11.3 Å². The molecule has 0 bridgehead atoms. The third kappa shape index (κ3) is 3.67. The number of benzene rings is 1. The van der Waals surface area contributed by atoms with E-state index < -0.39 is 0 Å². The van der Waals surface area contributed by atoms with E-state index in [9.17, 15) is 14.3 Å². The Morgan fingerprint density at radius 3 is 2.93 bits per heavy atom. The van der Waals surface area contributed by atoms with E-state index in [-0.39, 0.29) is 28.6 Å². The van der Waals surface area contributed by atoms with E-state index in [0.29, 0.717) is 11.4 Å². The van der Waals surface area contributed by atoms with Crippen LogP contribution in [-0.2, 0) is 6.42 Å². The van der Waals surface area contributed by atoms with Crippen molar-refractivity contribution in [2.24, 2.45) is 0 Å². The molecule has 1 aliphatic heterocycles. The fraction of sp³-hybridized carbons (Fsp3) is 0.364. The molecule has 2 aromatic heterocycles. The summed E-state index contributed by atoms with van der Waals surface area (Å²) in [6.45, 7) is 1.59. The number of nitrogens with zero attached hydrogens (tertiary/aromatic N) is 2. The van der Waals surface area contributed by atoms with Crippen LogP contribution in [0, 0.1) is 5.82 Å². The monoisotopic (exact) mass is 427 g/mol. The highest BCUT2D eigenvalue weighted by atomic mass is 32.1. The molecule has 1 fully saturated rings. The number of aromatic amines is 1. The molecule has 0 amide bonds. The van der Waals surface area contributed by atoms with Crippen molar-refractivity contribution in [3.63, 3.8) is 0 Å². The molecule has 1 aromatic carbocycles. The molecule has 156 valence electrons. The van der Waals surface area contributed by atoms with E-state index in [1.165, 1.54) is 17.8 Å². The minimum absolute atomic E-state index is 0.0140. The van der Waals surface area contributed by atoms with Gasteiger partial charge in [0.15, 0.2) is 0 Å². The molecule has 0 radical (unpaired) electrons. The third-order valence-electron chi connectivity index (χ3n) is 5.88. The second-order valence-corrected chi connectivity index (χ2v) is 8.86. The van der Waals surface area contributed by atoms with Crippen LogP contribution in [0.3, 0.4) is 0 Å². The molecule has 0 spiro atoms. The molecule has 2 unspecified atom stereocenters. The minimum Gasteiger partial charge on any atom is -0.494 e. The number of H-pyrrole nitrogens is 1. The Morgan fingerprint density at radius 1 is 1.27 bits per heavy atom. The molecule has 0 saturated carbocycles. The first-order chi connectivity index (χ1) is 14.6. The van der Waals surface area contributed by atoms with Gasteiger partial charge < -0.3 is 14.7 Å². The van der Waals surface area contributed by atoms with E-state index in [0.717, 1.165) is 60.7 Å². The second-order valence-electron chi connectivity index (χ2n) is 7.84. The largest absolute Gasteiger partial charge is 0.494 e.